The molecule has 0 radical (unpaired) electrons. The van der Waals surface area contributed by atoms with Crippen LogP contribution in [0.3, 0.4) is 0 Å². The molecule has 1 N–H and O–H groups in total. The number of rotatable bonds is 3. The van der Waals surface area contributed by atoms with Crippen LogP contribution in [-0.2, 0) is 7.05 Å². The molecule has 0 saturated heterocycles. The largest absolute Gasteiger partial charge is 0.346 e. The van der Waals surface area contributed by atoms with Gasteiger partial charge in [0.2, 0.25) is 0 Å². The monoisotopic (exact) mass is 409 g/mol. The first-order valence-corrected chi connectivity index (χ1v) is 10.5. The Hall–Kier alpha value is -3.71. The fourth-order valence-electron chi connectivity index (χ4n) is 4.38. The topological polar surface area (TPSA) is 67.0 Å². The molecule has 0 aliphatic carbocycles. The van der Waals surface area contributed by atoms with Crippen molar-refractivity contribution in [3.63, 3.8) is 0 Å². The van der Waals surface area contributed by atoms with Crippen LogP contribution in [-0.4, -0.2) is 54.4 Å². The van der Waals surface area contributed by atoms with E-state index >= 15 is 0 Å². The molecule has 0 bridgehead atoms. The van der Waals surface area contributed by atoms with Gasteiger partial charge in [0.25, 0.3) is 0 Å². The Kier molecular flexibility index (Phi) is 4.04. The predicted molar refractivity (Wildman–Crippen MR) is 123 cm³/mol. The van der Waals surface area contributed by atoms with Crippen molar-refractivity contribution in [2.45, 2.75) is 6.42 Å². The fourth-order valence-corrected chi connectivity index (χ4v) is 4.38. The Bertz CT molecular complexity index is 1450. The first-order chi connectivity index (χ1) is 15.2. The molecule has 154 valence electrons. The lowest BCUT2D eigenvalue weighted by atomic mass is 9.98. The van der Waals surface area contributed by atoms with E-state index in [1.165, 1.54) is 11.1 Å². The number of nitrogens with zero attached hydrogens (tertiary/aromatic N) is 6. The van der Waals surface area contributed by atoms with Crippen LogP contribution in [0.2, 0.25) is 0 Å². The van der Waals surface area contributed by atoms with Crippen molar-refractivity contribution in [3.05, 3.63) is 67.0 Å². The maximum absolute atomic E-state index is 4.70. The molecule has 0 fully saturated rings. The fraction of sp³-hybridized carbons (Fsp3) is 0.208. The summed E-state index contributed by atoms with van der Waals surface area (Å²) in [7, 11) is 4.09. The quantitative estimate of drug-likeness (QED) is 0.489. The molecule has 0 amide bonds. The van der Waals surface area contributed by atoms with Crippen LogP contribution in [0.4, 0.5) is 0 Å². The van der Waals surface area contributed by atoms with E-state index in [-0.39, 0.29) is 0 Å². The number of aromatic nitrogens is 6. The summed E-state index contributed by atoms with van der Waals surface area (Å²) in [6.45, 7) is 2.07. The molecule has 6 rings (SSSR count). The van der Waals surface area contributed by atoms with Gasteiger partial charge in [-0.1, -0.05) is 6.08 Å². The maximum Gasteiger partial charge on any atom is 0.137 e. The molecule has 0 atom stereocenters. The summed E-state index contributed by atoms with van der Waals surface area (Å²) in [6.07, 6.45) is 15.2. The lowest BCUT2D eigenvalue weighted by Crippen LogP contribution is -2.23. The van der Waals surface area contributed by atoms with Crippen LogP contribution < -0.4 is 0 Å². The number of nitrogens with one attached hydrogen (secondary N) is 1. The van der Waals surface area contributed by atoms with Gasteiger partial charge in [-0.2, -0.15) is 10.2 Å². The maximum atomic E-state index is 4.70. The minimum Gasteiger partial charge on any atom is -0.346 e. The van der Waals surface area contributed by atoms with E-state index in [0.29, 0.717) is 0 Å². The first-order valence-electron chi connectivity index (χ1n) is 10.5. The summed E-state index contributed by atoms with van der Waals surface area (Å²) in [5.74, 6) is 0. The van der Waals surface area contributed by atoms with E-state index in [4.69, 9.17) is 4.98 Å². The third-order valence-electron chi connectivity index (χ3n) is 6.16. The number of H-pyrrole nitrogens is 1. The van der Waals surface area contributed by atoms with Gasteiger partial charge in [0.15, 0.2) is 0 Å². The van der Waals surface area contributed by atoms with Gasteiger partial charge in [0.1, 0.15) is 5.65 Å². The predicted octanol–water partition coefficient (Wildman–Crippen LogP) is 4.00. The molecule has 0 spiro atoms. The number of fused-ring (bicyclic) bond motifs is 2. The number of aryl methyl sites for hydroxylation is 1. The van der Waals surface area contributed by atoms with E-state index in [0.717, 1.165) is 58.3 Å². The minimum absolute atomic E-state index is 0.910. The first kappa shape index (κ1) is 18.1. The number of hydrogen-bond donors (Lipinski definition) is 1. The zero-order valence-electron chi connectivity index (χ0n) is 17.6. The van der Waals surface area contributed by atoms with E-state index in [9.17, 15) is 0 Å². The van der Waals surface area contributed by atoms with Gasteiger partial charge in [0, 0.05) is 67.0 Å². The standard InChI is InChI=1S/C24H23N7/c1-29-6-3-16(4-7-29)18-9-20-21(13-26-24(20)25-11-18)17-5-8-31-23(10-17)22(14-28-31)19-12-27-30(2)15-19/h3,5,8-15H,4,6-7H2,1-2H3,(H,25,26). The summed E-state index contributed by atoms with van der Waals surface area (Å²) in [6, 6.07) is 6.57. The van der Waals surface area contributed by atoms with Gasteiger partial charge < -0.3 is 9.88 Å². The van der Waals surface area contributed by atoms with E-state index in [2.05, 4.69) is 57.6 Å². The molecule has 1 aliphatic rings. The number of aromatic amines is 1. The Balaban J connectivity index is 1.46. The third kappa shape index (κ3) is 3.05. The van der Waals surface area contributed by atoms with Crippen molar-refractivity contribution in [1.82, 2.24) is 34.3 Å². The third-order valence-corrected chi connectivity index (χ3v) is 6.16. The zero-order valence-corrected chi connectivity index (χ0v) is 17.6. The minimum atomic E-state index is 0.910. The molecule has 7 nitrogen and oxygen atoms in total. The Morgan fingerprint density at radius 3 is 2.71 bits per heavy atom. The van der Waals surface area contributed by atoms with E-state index in [1.54, 1.807) is 0 Å². The lowest BCUT2D eigenvalue weighted by Gasteiger charge is -2.22. The van der Waals surface area contributed by atoms with Crippen LogP contribution >= 0.6 is 0 Å². The van der Waals surface area contributed by atoms with Crippen molar-refractivity contribution >= 4 is 22.1 Å². The molecule has 5 aromatic rings. The zero-order chi connectivity index (χ0) is 20.9. The Morgan fingerprint density at radius 1 is 0.968 bits per heavy atom. The van der Waals surface area contributed by atoms with Crippen LogP contribution in [0.1, 0.15) is 12.0 Å². The van der Waals surface area contributed by atoms with Gasteiger partial charge in [-0.05, 0) is 48.4 Å². The van der Waals surface area contributed by atoms with Gasteiger partial charge in [0.05, 0.1) is 17.9 Å². The van der Waals surface area contributed by atoms with Gasteiger partial charge >= 0.3 is 0 Å². The van der Waals surface area contributed by atoms with Gasteiger partial charge in [-0.15, -0.1) is 0 Å². The van der Waals surface area contributed by atoms with Crippen molar-refractivity contribution in [3.8, 4) is 22.3 Å². The van der Waals surface area contributed by atoms with Crippen LogP contribution in [0, 0.1) is 0 Å². The van der Waals surface area contributed by atoms with E-state index < -0.39 is 0 Å². The molecular weight excluding hydrogens is 386 g/mol. The van der Waals surface area contributed by atoms with Gasteiger partial charge in [-0.25, -0.2) is 9.50 Å². The van der Waals surface area contributed by atoms with Crippen LogP contribution in [0.25, 0.3) is 44.4 Å². The highest BCUT2D eigenvalue weighted by Gasteiger charge is 2.15. The second-order valence-corrected chi connectivity index (χ2v) is 8.27. The lowest BCUT2D eigenvalue weighted by molar-refractivity contribution is 0.370. The summed E-state index contributed by atoms with van der Waals surface area (Å²) in [5, 5.41) is 9.97. The molecule has 1 aliphatic heterocycles. The van der Waals surface area contributed by atoms with Crippen LogP contribution in [0.15, 0.2) is 61.5 Å². The molecule has 31 heavy (non-hydrogen) atoms. The summed E-state index contributed by atoms with van der Waals surface area (Å²) >= 11 is 0. The normalized spacial score (nSPS) is 15.1. The van der Waals surface area contributed by atoms with Gasteiger partial charge in [-0.3, -0.25) is 4.68 Å². The van der Waals surface area contributed by atoms with Crippen molar-refractivity contribution in [1.29, 1.82) is 0 Å². The Morgan fingerprint density at radius 2 is 1.90 bits per heavy atom. The summed E-state index contributed by atoms with van der Waals surface area (Å²) < 4.78 is 3.72. The highest BCUT2D eigenvalue weighted by atomic mass is 15.2. The summed E-state index contributed by atoms with van der Waals surface area (Å²) in [4.78, 5) is 10.4. The molecule has 0 saturated carbocycles. The highest BCUT2D eigenvalue weighted by Crippen LogP contribution is 2.33. The van der Waals surface area contributed by atoms with Crippen LogP contribution in [0.5, 0.6) is 0 Å². The molecule has 7 heteroatoms. The smallest absolute Gasteiger partial charge is 0.137 e. The second kappa shape index (κ2) is 6.92. The number of hydrogen-bond acceptors (Lipinski definition) is 4. The van der Waals surface area contributed by atoms with Crippen molar-refractivity contribution < 1.29 is 0 Å². The molecular formula is C24H23N7. The molecule has 0 aromatic carbocycles. The average molecular weight is 409 g/mol. The molecule has 0 unspecified atom stereocenters. The summed E-state index contributed by atoms with van der Waals surface area (Å²) in [5.41, 5.74) is 8.99. The van der Waals surface area contributed by atoms with Crippen molar-refractivity contribution in [2.24, 2.45) is 7.05 Å². The SMILES string of the molecule is CN1CC=C(c2cnc3[nH]cc(-c4ccn5ncc(-c6cnn(C)c6)c5c4)c3c2)CC1. The Labute approximate surface area is 179 Å². The van der Waals surface area contributed by atoms with Crippen molar-refractivity contribution in [2.75, 3.05) is 20.1 Å². The number of likely N-dealkylation sites (N-methyl/N-ethyl adjacent to an activating group) is 1. The van der Waals surface area contributed by atoms with E-state index in [1.807, 2.05) is 47.2 Å². The second-order valence-electron chi connectivity index (χ2n) is 8.27. The number of pyridine rings is 2. The highest BCUT2D eigenvalue weighted by molar-refractivity contribution is 5.96. The molecule has 5 aromatic heterocycles. The average Bonchev–Trinajstić information content (AvgIpc) is 3.51. The molecule has 6 heterocycles.